The van der Waals surface area contributed by atoms with E-state index in [1.54, 1.807) is 43.1 Å². The topological polar surface area (TPSA) is 79.0 Å². The molecule has 2 aliphatic heterocycles. The van der Waals surface area contributed by atoms with E-state index in [1.165, 1.54) is 9.80 Å². The summed E-state index contributed by atoms with van der Waals surface area (Å²) in [4.78, 5) is 42.0. The van der Waals surface area contributed by atoms with E-state index in [2.05, 4.69) is 5.32 Å². The summed E-state index contributed by atoms with van der Waals surface area (Å²) in [6, 6.07) is 13.4. The number of amides is 3. The Bertz CT molecular complexity index is 1090. The number of carbonyl (C=O) groups is 3. The minimum absolute atomic E-state index is 0.0465. The average molecular weight is 458 g/mol. The predicted molar refractivity (Wildman–Crippen MR) is 119 cm³/mol. The predicted octanol–water partition coefficient (Wildman–Crippen LogP) is 3.60. The molecule has 9 heteroatoms. The molecule has 0 aliphatic carbocycles. The molecule has 1 N–H and O–H groups in total. The zero-order valence-corrected chi connectivity index (χ0v) is 18.5. The second-order valence-corrected chi connectivity index (χ2v) is 8.43. The number of nitrogens with one attached hydrogen (secondary N) is 1. The van der Waals surface area contributed by atoms with E-state index in [9.17, 15) is 14.4 Å². The fraction of sp³-hybridized carbons (Fsp3) is 0.227. The number of nitrogens with zero attached hydrogens (tertiary/aromatic N) is 2. The van der Waals surface area contributed by atoms with Gasteiger partial charge in [0, 0.05) is 22.7 Å². The Morgan fingerprint density at radius 1 is 1.26 bits per heavy atom. The Balaban J connectivity index is 1.61. The van der Waals surface area contributed by atoms with Gasteiger partial charge in [-0.25, -0.2) is 9.59 Å². The van der Waals surface area contributed by atoms with Crippen LogP contribution in [-0.4, -0.2) is 49.3 Å². The van der Waals surface area contributed by atoms with Crippen molar-refractivity contribution in [3.8, 4) is 0 Å². The standard InChI is InChI=1S/C22H20ClN3O4S/c1-25(15-5-3-4-14(23)10-15)18(27)11-26-17-12-30-21(28)19(17)20(24-22(26)29)13-6-8-16(31-2)9-7-13/h3-10,20H,11-12H2,1-2H3,(H,24,29). The highest BCUT2D eigenvalue weighted by molar-refractivity contribution is 7.98. The molecule has 1 atom stereocenters. The highest BCUT2D eigenvalue weighted by Gasteiger charge is 2.43. The quantitative estimate of drug-likeness (QED) is 0.548. The highest BCUT2D eigenvalue weighted by Crippen LogP contribution is 2.35. The number of rotatable bonds is 5. The molecule has 0 saturated carbocycles. The molecule has 0 aromatic heterocycles. The number of anilines is 1. The van der Waals surface area contributed by atoms with Crippen LogP contribution in [0.3, 0.4) is 0 Å². The first-order chi connectivity index (χ1) is 14.9. The number of likely N-dealkylation sites (N-methyl/N-ethyl adjacent to an activating group) is 1. The van der Waals surface area contributed by atoms with Crippen molar-refractivity contribution in [2.24, 2.45) is 0 Å². The van der Waals surface area contributed by atoms with E-state index >= 15 is 0 Å². The SMILES string of the molecule is CSc1ccc(C2NC(=O)N(CC(=O)N(C)c3cccc(Cl)c3)C3=C2C(=O)OC3)cc1. The Morgan fingerprint density at radius 2 is 2.00 bits per heavy atom. The van der Waals surface area contributed by atoms with E-state index in [0.717, 1.165) is 10.5 Å². The van der Waals surface area contributed by atoms with Crippen LogP contribution in [0.5, 0.6) is 0 Å². The summed E-state index contributed by atoms with van der Waals surface area (Å²) < 4.78 is 5.22. The molecule has 0 fully saturated rings. The number of esters is 1. The van der Waals surface area contributed by atoms with Crippen molar-refractivity contribution in [3.63, 3.8) is 0 Å². The molecule has 7 nitrogen and oxygen atoms in total. The smallest absolute Gasteiger partial charge is 0.338 e. The van der Waals surface area contributed by atoms with Crippen LogP contribution >= 0.6 is 23.4 Å². The molecule has 2 heterocycles. The minimum Gasteiger partial charge on any atom is -0.456 e. The molecule has 2 aromatic carbocycles. The average Bonchev–Trinajstić information content (AvgIpc) is 3.16. The highest BCUT2D eigenvalue weighted by atomic mass is 35.5. The number of thioether (sulfide) groups is 1. The number of carbonyl (C=O) groups excluding carboxylic acids is 3. The third-order valence-corrected chi connectivity index (χ3v) is 6.29. The summed E-state index contributed by atoms with van der Waals surface area (Å²) in [6.45, 7) is -0.280. The second-order valence-electron chi connectivity index (χ2n) is 7.11. The lowest BCUT2D eigenvalue weighted by Crippen LogP contribution is -2.50. The molecular formula is C22H20ClN3O4S. The van der Waals surface area contributed by atoms with Crippen molar-refractivity contribution in [3.05, 3.63) is 70.4 Å². The lowest BCUT2D eigenvalue weighted by molar-refractivity contribution is -0.136. The summed E-state index contributed by atoms with van der Waals surface area (Å²) >= 11 is 7.62. The number of halogens is 1. The maximum absolute atomic E-state index is 12.9. The monoisotopic (exact) mass is 457 g/mol. The molecule has 4 rings (SSSR count). The number of hydrogen-bond donors (Lipinski definition) is 1. The fourth-order valence-electron chi connectivity index (χ4n) is 3.59. The zero-order valence-electron chi connectivity index (χ0n) is 16.9. The first-order valence-electron chi connectivity index (χ1n) is 9.53. The Morgan fingerprint density at radius 3 is 2.68 bits per heavy atom. The molecule has 2 aromatic rings. The maximum Gasteiger partial charge on any atom is 0.338 e. The van der Waals surface area contributed by atoms with Crippen molar-refractivity contribution in [2.45, 2.75) is 10.9 Å². The first kappa shape index (κ1) is 21.3. The van der Waals surface area contributed by atoms with Gasteiger partial charge in [0.05, 0.1) is 17.3 Å². The van der Waals surface area contributed by atoms with Crippen molar-refractivity contribution in [1.29, 1.82) is 0 Å². The maximum atomic E-state index is 12.9. The molecular weight excluding hydrogens is 438 g/mol. The summed E-state index contributed by atoms with van der Waals surface area (Å²) in [5, 5.41) is 3.35. The van der Waals surface area contributed by atoms with Crippen LogP contribution in [0.25, 0.3) is 0 Å². The minimum atomic E-state index is -0.620. The molecule has 0 bridgehead atoms. The van der Waals surface area contributed by atoms with Crippen LogP contribution in [0, 0.1) is 0 Å². The fourth-order valence-corrected chi connectivity index (χ4v) is 4.19. The Hall–Kier alpha value is -2.97. The molecule has 1 unspecified atom stereocenters. The van der Waals surface area contributed by atoms with Crippen molar-refractivity contribution in [1.82, 2.24) is 10.2 Å². The van der Waals surface area contributed by atoms with Crippen molar-refractivity contribution >= 4 is 47.0 Å². The summed E-state index contributed by atoms with van der Waals surface area (Å²) in [5.74, 6) is -0.819. The van der Waals surface area contributed by atoms with E-state index in [1.807, 2.05) is 30.5 Å². The third kappa shape index (κ3) is 4.13. The normalized spacial score (nSPS) is 17.9. The number of cyclic esters (lactones) is 1. The van der Waals surface area contributed by atoms with Crippen LogP contribution in [0.4, 0.5) is 10.5 Å². The first-order valence-corrected chi connectivity index (χ1v) is 11.1. The van der Waals surface area contributed by atoms with Crippen LogP contribution in [0.2, 0.25) is 5.02 Å². The second kappa shape index (κ2) is 8.64. The Kier molecular flexibility index (Phi) is 5.93. The van der Waals surface area contributed by atoms with E-state index in [4.69, 9.17) is 16.3 Å². The van der Waals surface area contributed by atoms with E-state index < -0.39 is 18.0 Å². The zero-order chi connectivity index (χ0) is 22.1. The number of ether oxygens (including phenoxy) is 1. The summed E-state index contributed by atoms with van der Waals surface area (Å²) in [7, 11) is 1.61. The summed E-state index contributed by atoms with van der Waals surface area (Å²) in [6.07, 6.45) is 1.97. The van der Waals surface area contributed by atoms with Gasteiger partial charge in [-0.2, -0.15) is 0 Å². The van der Waals surface area contributed by atoms with Gasteiger partial charge in [0.25, 0.3) is 0 Å². The van der Waals surface area contributed by atoms with Gasteiger partial charge < -0.3 is 15.0 Å². The van der Waals surface area contributed by atoms with E-state index in [-0.39, 0.29) is 19.1 Å². The van der Waals surface area contributed by atoms with E-state index in [0.29, 0.717) is 22.0 Å². The molecule has 31 heavy (non-hydrogen) atoms. The number of urea groups is 1. The van der Waals surface area contributed by atoms with Gasteiger partial charge in [-0.15, -0.1) is 11.8 Å². The molecule has 2 aliphatic rings. The lowest BCUT2D eigenvalue weighted by Gasteiger charge is -2.33. The molecule has 0 spiro atoms. The Labute approximate surface area is 189 Å². The molecule has 160 valence electrons. The third-order valence-electron chi connectivity index (χ3n) is 5.31. The largest absolute Gasteiger partial charge is 0.456 e. The molecule has 0 saturated heterocycles. The van der Waals surface area contributed by atoms with Gasteiger partial charge >= 0.3 is 12.0 Å². The van der Waals surface area contributed by atoms with Gasteiger partial charge in [0.1, 0.15) is 13.2 Å². The van der Waals surface area contributed by atoms with Crippen molar-refractivity contribution in [2.75, 3.05) is 31.4 Å². The van der Waals surface area contributed by atoms with Gasteiger partial charge in [-0.3, -0.25) is 9.69 Å². The van der Waals surface area contributed by atoms with Crippen LogP contribution in [0.1, 0.15) is 11.6 Å². The van der Waals surface area contributed by atoms with Crippen molar-refractivity contribution < 1.29 is 19.1 Å². The molecule has 0 radical (unpaired) electrons. The van der Waals surface area contributed by atoms with Gasteiger partial charge in [-0.05, 0) is 42.2 Å². The molecule has 3 amide bonds. The van der Waals surface area contributed by atoms with Crippen LogP contribution in [0.15, 0.2) is 64.7 Å². The summed E-state index contributed by atoms with van der Waals surface area (Å²) in [5.41, 5.74) is 2.16. The van der Waals surface area contributed by atoms with Crippen LogP contribution < -0.4 is 10.2 Å². The number of hydrogen-bond acceptors (Lipinski definition) is 5. The van der Waals surface area contributed by atoms with Gasteiger partial charge in [0.2, 0.25) is 5.91 Å². The number of benzene rings is 2. The van der Waals surface area contributed by atoms with Crippen LogP contribution in [-0.2, 0) is 14.3 Å². The lowest BCUT2D eigenvalue weighted by atomic mass is 9.96. The van der Waals surface area contributed by atoms with Gasteiger partial charge in [-0.1, -0.05) is 29.8 Å². The van der Waals surface area contributed by atoms with Gasteiger partial charge in [0.15, 0.2) is 0 Å².